The molecular formula is C29H31N9O3. The van der Waals surface area contributed by atoms with Gasteiger partial charge in [0.2, 0.25) is 11.8 Å². The number of carbonyl (C=O) groups is 1. The van der Waals surface area contributed by atoms with Gasteiger partial charge in [0, 0.05) is 50.3 Å². The fourth-order valence-corrected chi connectivity index (χ4v) is 5.59. The summed E-state index contributed by atoms with van der Waals surface area (Å²) in [6.07, 6.45) is 8.80. The Hall–Kier alpha value is -4.71. The third kappa shape index (κ3) is 4.69. The molecule has 0 aliphatic carbocycles. The van der Waals surface area contributed by atoms with E-state index >= 15 is 0 Å². The van der Waals surface area contributed by atoms with Gasteiger partial charge in [0.05, 0.1) is 18.4 Å². The van der Waals surface area contributed by atoms with Crippen molar-refractivity contribution in [1.82, 2.24) is 29.2 Å². The van der Waals surface area contributed by atoms with Crippen molar-refractivity contribution in [1.29, 1.82) is 0 Å². The highest BCUT2D eigenvalue weighted by Crippen LogP contribution is 2.33. The molecule has 0 radical (unpaired) electrons. The highest BCUT2D eigenvalue weighted by atomic mass is 16.5. The lowest BCUT2D eigenvalue weighted by atomic mass is 10.2. The van der Waals surface area contributed by atoms with Gasteiger partial charge in [0.25, 0.3) is 11.5 Å². The van der Waals surface area contributed by atoms with Crippen LogP contribution in [-0.2, 0) is 11.3 Å². The number of nitrogens with zero attached hydrogens (tertiary/aromatic N) is 8. The number of fused-ring (bicyclic) bond motifs is 5. The lowest BCUT2D eigenvalue weighted by Gasteiger charge is -2.34. The predicted octanol–water partition coefficient (Wildman–Crippen LogP) is 2.55. The zero-order valence-corrected chi connectivity index (χ0v) is 22.9. The SMILES string of the molecule is CN1CCN(c2cccc(Nc3ncc4c(=O)n5n(c4n3)-c3cnc4c(c3)N(CCC/C=C\C5)C(=O)CO4)c2)CC1. The molecule has 0 saturated carbocycles. The molecular weight excluding hydrogens is 522 g/mol. The monoisotopic (exact) mass is 553 g/mol. The number of amides is 1. The summed E-state index contributed by atoms with van der Waals surface area (Å²) in [6, 6.07) is 10.1. The summed E-state index contributed by atoms with van der Waals surface area (Å²) in [5.41, 5.74) is 3.45. The maximum atomic E-state index is 13.5. The second-order valence-corrected chi connectivity index (χ2v) is 10.6. The van der Waals surface area contributed by atoms with Crippen LogP contribution < -0.4 is 25.4 Å². The van der Waals surface area contributed by atoms with Gasteiger partial charge in [0.1, 0.15) is 11.1 Å². The number of rotatable bonds is 3. The molecule has 0 atom stereocenters. The maximum Gasteiger partial charge on any atom is 0.278 e. The molecule has 3 aromatic heterocycles. The van der Waals surface area contributed by atoms with Crippen LogP contribution in [0.2, 0.25) is 0 Å². The van der Waals surface area contributed by atoms with Crippen LogP contribution in [0.15, 0.2) is 59.7 Å². The van der Waals surface area contributed by atoms with E-state index in [1.165, 1.54) is 0 Å². The number of aromatic nitrogens is 5. The number of anilines is 4. The molecule has 1 amide bonds. The lowest BCUT2D eigenvalue weighted by molar-refractivity contribution is -0.121. The summed E-state index contributed by atoms with van der Waals surface area (Å²) in [5, 5.41) is 3.72. The van der Waals surface area contributed by atoms with E-state index in [0.717, 1.165) is 50.4 Å². The van der Waals surface area contributed by atoms with Gasteiger partial charge in [0.15, 0.2) is 12.3 Å². The molecule has 0 spiro atoms. The van der Waals surface area contributed by atoms with E-state index in [-0.39, 0.29) is 18.1 Å². The van der Waals surface area contributed by atoms with Crippen molar-refractivity contribution >= 4 is 40.0 Å². The van der Waals surface area contributed by atoms with Gasteiger partial charge in [-0.1, -0.05) is 18.2 Å². The Balaban J connectivity index is 1.30. The number of allylic oxidation sites excluding steroid dienone is 2. The van der Waals surface area contributed by atoms with E-state index in [1.54, 1.807) is 26.7 Å². The molecule has 0 unspecified atom stereocenters. The molecule has 3 aliphatic rings. The topological polar surface area (TPSA) is 114 Å². The van der Waals surface area contributed by atoms with E-state index in [9.17, 15) is 9.59 Å². The fourth-order valence-electron chi connectivity index (χ4n) is 5.59. The van der Waals surface area contributed by atoms with Crippen molar-refractivity contribution in [2.45, 2.75) is 19.4 Å². The van der Waals surface area contributed by atoms with Crippen molar-refractivity contribution in [3.8, 4) is 11.6 Å². The number of hydrogen-bond acceptors (Lipinski definition) is 9. The third-order valence-electron chi connectivity index (χ3n) is 7.83. The summed E-state index contributed by atoms with van der Waals surface area (Å²) in [7, 11) is 2.14. The van der Waals surface area contributed by atoms with Crippen LogP contribution in [0.4, 0.5) is 23.0 Å². The first-order valence-electron chi connectivity index (χ1n) is 13.9. The smallest absolute Gasteiger partial charge is 0.278 e. The van der Waals surface area contributed by atoms with Crippen LogP contribution in [0, 0.1) is 0 Å². The molecule has 1 N–H and O–H groups in total. The van der Waals surface area contributed by atoms with Crippen molar-refractivity contribution in [2.75, 3.05) is 61.5 Å². The van der Waals surface area contributed by atoms with Gasteiger partial charge in [-0.05, 0) is 44.2 Å². The Kier molecular flexibility index (Phi) is 6.38. The number of benzene rings is 1. The average Bonchev–Trinajstić information content (AvgIpc) is 3.25. The summed E-state index contributed by atoms with van der Waals surface area (Å²) < 4.78 is 8.98. The highest BCUT2D eigenvalue weighted by molar-refractivity contribution is 5.97. The minimum absolute atomic E-state index is 0.0371. The van der Waals surface area contributed by atoms with E-state index in [2.05, 4.69) is 44.3 Å². The number of pyridine rings is 1. The number of ether oxygens (including phenoxy) is 1. The second kappa shape index (κ2) is 10.4. The minimum Gasteiger partial charge on any atom is -0.466 e. The maximum absolute atomic E-state index is 13.5. The van der Waals surface area contributed by atoms with Crippen LogP contribution in [0.5, 0.6) is 5.88 Å². The fraction of sp³-hybridized carbons (Fsp3) is 0.345. The predicted molar refractivity (Wildman–Crippen MR) is 157 cm³/mol. The first-order chi connectivity index (χ1) is 20.0. The van der Waals surface area contributed by atoms with Crippen molar-refractivity contribution in [2.24, 2.45) is 0 Å². The number of carbonyl (C=O) groups excluding carboxylic acids is 1. The van der Waals surface area contributed by atoms with Gasteiger partial charge < -0.3 is 24.8 Å². The highest BCUT2D eigenvalue weighted by Gasteiger charge is 2.28. The molecule has 1 saturated heterocycles. The summed E-state index contributed by atoms with van der Waals surface area (Å²) in [6.45, 7) is 4.88. The lowest BCUT2D eigenvalue weighted by Crippen LogP contribution is -2.44. The van der Waals surface area contributed by atoms with E-state index in [4.69, 9.17) is 9.72 Å². The number of likely N-dealkylation sites (N-methyl/N-ethyl adjacent to an activating group) is 1. The van der Waals surface area contributed by atoms with Crippen LogP contribution in [0.25, 0.3) is 16.7 Å². The molecule has 2 bridgehead atoms. The zero-order valence-electron chi connectivity index (χ0n) is 22.9. The second-order valence-electron chi connectivity index (χ2n) is 10.6. The third-order valence-corrected chi connectivity index (χ3v) is 7.83. The van der Waals surface area contributed by atoms with Crippen LogP contribution in [-0.4, -0.2) is 81.5 Å². The number of hydrogen-bond donors (Lipinski definition) is 1. The molecule has 41 heavy (non-hydrogen) atoms. The van der Waals surface area contributed by atoms with Crippen molar-refractivity contribution < 1.29 is 9.53 Å². The van der Waals surface area contributed by atoms with Gasteiger partial charge >= 0.3 is 0 Å². The molecule has 1 fully saturated rings. The van der Waals surface area contributed by atoms with Gasteiger partial charge in [-0.3, -0.25) is 9.59 Å². The summed E-state index contributed by atoms with van der Waals surface area (Å²) >= 11 is 0. The Morgan fingerprint density at radius 2 is 1.83 bits per heavy atom. The Bertz CT molecular complexity index is 1720. The number of piperazine rings is 1. The van der Waals surface area contributed by atoms with E-state index < -0.39 is 0 Å². The number of nitrogens with one attached hydrogen (secondary N) is 1. The summed E-state index contributed by atoms with van der Waals surface area (Å²) in [5.74, 6) is 0.671. The van der Waals surface area contributed by atoms with E-state index in [0.29, 0.717) is 47.3 Å². The van der Waals surface area contributed by atoms with Crippen molar-refractivity contribution in [3.63, 3.8) is 0 Å². The zero-order chi connectivity index (χ0) is 27.9. The molecule has 12 heteroatoms. The average molecular weight is 554 g/mol. The molecule has 7 rings (SSSR count). The summed E-state index contributed by atoms with van der Waals surface area (Å²) in [4.78, 5) is 46.5. The van der Waals surface area contributed by atoms with Gasteiger partial charge in [-0.2, -0.15) is 4.98 Å². The largest absolute Gasteiger partial charge is 0.466 e. The van der Waals surface area contributed by atoms with Gasteiger partial charge in [-0.25, -0.2) is 19.3 Å². The van der Waals surface area contributed by atoms with Crippen molar-refractivity contribution in [3.05, 3.63) is 65.2 Å². The molecule has 4 aromatic rings. The Morgan fingerprint density at radius 3 is 2.71 bits per heavy atom. The molecule has 12 nitrogen and oxygen atoms in total. The Morgan fingerprint density at radius 1 is 0.951 bits per heavy atom. The first kappa shape index (κ1) is 25.3. The molecule has 6 heterocycles. The quantitative estimate of drug-likeness (QED) is 0.383. The normalized spacial score (nSPS) is 18.3. The standard InChI is InChI=1S/C29H31N9O3/c1-34-11-13-35(14-12-34)21-8-6-7-20(15-21)32-29-31-18-23-26(33-29)38-22-16-24-27(30-17-22)41-19-25(39)36(24)9-4-2-3-5-10-37(38)28(23)40/h3,5-8,15-18H,2,4,9-14,19H2,1H3,(H,31,32,33)/b5-3-. The Labute approximate surface area is 236 Å². The van der Waals surface area contributed by atoms with Crippen LogP contribution >= 0.6 is 0 Å². The molecule has 3 aliphatic heterocycles. The van der Waals surface area contributed by atoms with Crippen LogP contribution in [0.3, 0.4) is 0 Å². The minimum atomic E-state index is -0.202. The molecule has 1 aromatic carbocycles. The first-order valence-corrected chi connectivity index (χ1v) is 13.9. The van der Waals surface area contributed by atoms with Crippen LogP contribution in [0.1, 0.15) is 12.8 Å². The molecule has 210 valence electrons. The van der Waals surface area contributed by atoms with E-state index in [1.807, 2.05) is 30.4 Å². The van der Waals surface area contributed by atoms with Gasteiger partial charge in [-0.15, -0.1) is 0 Å².